The number of aromatic nitrogens is 2. The molecule has 4 aromatic rings. The van der Waals surface area contributed by atoms with E-state index in [0.29, 0.717) is 25.5 Å². The van der Waals surface area contributed by atoms with Crippen LogP contribution in [-0.2, 0) is 24.2 Å². The minimum atomic E-state index is 0.0602. The lowest BCUT2D eigenvalue weighted by Crippen LogP contribution is -2.26. The van der Waals surface area contributed by atoms with Crippen molar-refractivity contribution >= 4 is 16.9 Å². The van der Waals surface area contributed by atoms with Crippen molar-refractivity contribution in [2.75, 3.05) is 13.2 Å². The number of nitrogens with zero attached hydrogens (tertiary/aromatic N) is 2. The maximum atomic E-state index is 12.4. The van der Waals surface area contributed by atoms with Crippen LogP contribution >= 0.6 is 0 Å². The fourth-order valence-corrected chi connectivity index (χ4v) is 4.42. The molecule has 4 rings (SSSR count). The van der Waals surface area contributed by atoms with Gasteiger partial charge in [0, 0.05) is 13.0 Å². The Morgan fingerprint density at radius 1 is 1.00 bits per heavy atom. The molecule has 1 heterocycles. The molecule has 0 spiro atoms. The summed E-state index contributed by atoms with van der Waals surface area (Å²) in [5, 5.41) is 3.06. The fourth-order valence-electron chi connectivity index (χ4n) is 4.42. The van der Waals surface area contributed by atoms with Crippen LogP contribution in [0.3, 0.4) is 0 Å². The lowest BCUT2D eigenvalue weighted by Gasteiger charge is -2.15. The molecule has 0 saturated heterocycles. The minimum absolute atomic E-state index is 0.0602. The highest BCUT2D eigenvalue weighted by molar-refractivity contribution is 5.79. The number of nitrogens with one attached hydrogen (secondary N) is 1. The molecular formula is C30H35N3O2. The number of rotatable bonds is 11. The van der Waals surface area contributed by atoms with Crippen molar-refractivity contribution in [3.8, 4) is 5.75 Å². The number of hydrogen-bond acceptors (Lipinski definition) is 3. The molecule has 0 aliphatic carbocycles. The molecule has 1 aromatic heterocycles. The number of fused-ring (bicyclic) bond motifs is 1. The molecule has 3 aromatic carbocycles. The van der Waals surface area contributed by atoms with Crippen molar-refractivity contribution in [2.45, 2.75) is 52.5 Å². The van der Waals surface area contributed by atoms with Gasteiger partial charge in [-0.3, -0.25) is 4.79 Å². The van der Waals surface area contributed by atoms with Crippen molar-refractivity contribution in [1.82, 2.24) is 14.9 Å². The van der Waals surface area contributed by atoms with Crippen molar-refractivity contribution < 1.29 is 9.53 Å². The number of aryl methyl sites for hydroxylation is 2. The van der Waals surface area contributed by atoms with Crippen LogP contribution in [0.15, 0.2) is 72.8 Å². The second kappa shape index (κ2) is 11.7. The Balaban J connectivity index is 1.35. The average Bonchev–Trinajstić information content (AvgIpc) is 3.21. The summed E-state index contributed by atoms with van der Waals surface area (Å²) in [6.45, 7) is 8.34. The first kappa shape index (κ1) is 24.5. The van der Waals surface area contributed by atoms with Crippen LogP contribution < -0.4 is 10.1 Å². The zero-order valence-electron chi connectivity index (χ0n) is 21.0. The molecule has 0 radical (unpaired) electrons. The van der Waals surface area contributed by atoms with Crippen molar-refractivity contribution in [3.05, 3.63) is 95.3 Å². The van der Waals surface area contributed by atoms with Crippen molar-refractivity contribution in [2.24, 2.45) is 0 Å². The number of carbonyl (C=O) groups is 1. The van der Waals surface area contributed by atoms with Gasteiger partial charge in [-0.1, -0.05) is 68.4 Å². The Morgan fingerprint density at radius 2 is 1.74 bits per heavy atom. The van der Waals surface area contributed by atoms with Crippen LogP contribution in [0.2, 0.25) is 0 Å². The third-order valence-electron chi connectivity index (χ3n) is 6.36. The van der Waals surface area contributed by atoms with E-state index in [1.165, 1.54) is 5.56 Å². The van der Waals surface area contributed by atoms with E-state index in [1.54, 1.807) is 0 Å². The van der Waals surface area contributed by atoms with Crippen LogP contribution in [-0.4, -0.2) is 28.6 Å². The average molecular weight is 470 g/mol. The predicted molar refractivity (Wildman–Crippen MR) is 142 cm³/mol. The van der Waals surface area contributed by atoms with Gasteiger partial charge in [-0.15, -0.1) is 0 Å². The first-order chi connectivity index (χ1) is 17.0. The van der Waals surface area contributed by atoms with E-state index in [0.717, 1.165) is 53.1 Å². The minimum Gasteiger partial charge on any atom is -0.491 e. The second-order valence-electron chi connectivity index (χ2n) is 9.27. The highest BCUT2D eigenvalue weighted by atomic mass is 16.5. The predicted octanol–water partition coefficient (Wildman–Crippen LogP) is 5.84. The monoisotopic (exact) mass is 469 g/mol. The van der Waals surface area contributed by atoms with E-state index >= 15 is 0 Å². The first-order valence-corrected chi connectivity index (χ1v) is 12.5. The largest absolute Gasteiger partial charge is 0.491 e. The van der Waals surface area contributed by atoms with Crippen LogP contribution in [0, 0.1) is 6.92 Å². The SMILES string of the molecule is Cc1ccccc1CC(=O)NCCCc1nc2ccccc2n1CCOc1ccccc1C(C)C. The van der Waals surface area contributed by atoms with Gasteiger partial charge in [0.25, 0.3) is 0 Å². The summed E-state index contributed by atoms with van der Waals surface area (Å²) >= 11 is 0. The maximum absolute atomic E-state index is 12.4. The van der Waals surface area contributed by atoms with Crippen molar-refractivity contribution in [1.29, 1.82) is 0 Å². The molecule has 0 saturated carbocycles. The van der Waals surface area contributed by atoms with E-state index in [2.05, 4.69) is 41.9 Å². The van der Waals surface area contributed by atoms with Gasteiger partial charge in [0.1, 0.15) is 18.2 Å². The Hall–Kier alpha value is -3.60. The fraction of sp³-hybridized carbons (Fsp3) is 0.333. The molecular weight excluding hydrogens is 434 g/mol. The lowest BCUT2D eigenvalue weighted by atomic mass is 10.0. The molecule has 5 heteroatoms. The van der Waals surface area contributed by atoms with E-state index in [1.807, 2.05) is 61.5 Å². The van der Waals surface area contributed by atoms with Crippen LogP contribution in [0.4, 0.5) is 0 Å². The summed E-state index contributed by atoms with van der Waals surface area (Å²) in [6.07, 6.45) is 2.04. The number of benzene rings is 3. The molecule has 0 bridgehead atoms. The Bertz CT molecular complexity index is 1280. The van der Waals surface area contributed by atoms with E-state index in [9.17, 15) is 4.79 Å². The van der Waals surface area contributed by atoms with E-state index in [4.69, 9.17) is 9.72 Å². The summed E-state index contributed by atoms with van der Waals surface area (Å²) in [4.78, 5) is 17.3. The number of carbonyl (C=O) groups excluding carboxylic acids is 1. The number of ether oxygens (including phenoxy) is 1. The molecule has 35 heavy (non-hydrogen) atoms. The zero-order chi connectivity index (χ0) is 24.6. The van der Waals surface area contributed by atoms with Gasteiger partial charge in [-0.25, -0.2) is 4.98 Å². The number of imidazole rings is 1. The summed E-state index contributed by atoms with van der Waals surface area (Å²) in [6, 6.07) is 24.5. The van der Waals surface area contributed by atoms with Gasteiger partial charge in [0.2, 0.25) is 5.91 Å². The Morgan fingerprint density at radius 3 is 2.57 bits per heavy atom. The quantitative estimate of drug-likeness (QED) is 0.281. The van der Waals surface area contributed by atoms with Gasteiger partial charge in [-0.2, -0.15) is 0 Å². The molecule has 5 nitrogen and oxygen atoms in total. The lowest BCUT2D eigenvalue weighted by molar-refractivity contribution is -0.120. The molecule has 182 valence electrons. The molecule has 0 fully saturated rings. The molecule has 0 aliphatic heterocycles. The van der Waals surface area contributed by atoms with E-state index < -0.39 is 0 Å². The molecule has 1 amide bonds. The zero-order valence-corrected chi connectivity index (χ0v) is 21.0. The van der Waals surface area contributed by atoms with Crippen LogP contribution in [0.25, 0.3) is 11.0 Å². The Kier molecular flexibility index (Phi) is 8.19. The summed E-state index contributed by atoms with van der Waals surface area (Å²) in [5.41, 5.74) is 5.56. The molecule has 0 unspecified atom stereocenters. The van der Waals surface area contributed by atoms with Crippen LogP contribution in [0.5, 0.6) is 5.75 Å². The normalized spacial score (nSPS) is 11.2. The van der Waals surface area contributed by atoms with Gasteiger partial charge in [0.05, 0.1) is 24.0 Å². The Labute approximate surface area is 208 Å². The molecule has 1 N–H and O–H groups in total. The maximum Gasteiger partial charge on any atom is 0.224 e. The summed E-state index contributed by atoms with van der Waals surface area (Å²) in [7, 11) is 0. The van der Waals surface area contributed by atoms with Gasteiger partial charge in [-0.05, 0) is 54.2 Å². The topological polar surface area (TPSA) is 56.2 Å². The number of amides is 1. The smallest absolute Gasteiger partial charge is 0.224 e. The first-order valence-electron chi connectivity index (χ1n) is 12.5. The molecule has 0 aliphatic rings. The number of hydrogen-bond donors (Lipinski definition) is 1. The highest BCUT2D eigenvalue weighted by Crippen LogP contribution is 2.26. The van der Waals surface area contributed by atoms with Crippen LogP contribution in [0.1, 0.15) is 48.7 Å². The third kappa shape index (κ3) is 6.30. The van der Waals surface area contributed by atoms with Crippen molar-refractivity contribution in [3.63, 3.8) is 0 Å². The van der Waals surface area contributed by atoms with Gasteiger partial charge >= 0.3 is 0 Å². The second-order valence-corrected chi connectivity index (χ2v) is 9.27. The summed E-state index contributed by atoms with van der Waals surface area (Å²) in [5.74, 6) is 2.45. The molecule has 0 atom stereocenters. The highest BCUT2D eigenvalue weighted by Gasteiger charge is 2.12. The van der Waals surface area contributed by atoms with Gasteiger partial charge < -0.3 is 14.6 Å². The van der Waals surface area contributed by atoms with Gasteiger partial charge in [0.15, 0.2) is 0 Å². The number of para-hydroxylation sites is 3. The third-order valence-corrected chi connectivity index (χ3v) is 6.36. The summed E-state index contributed by atoms with van der Waals surface area (Å²) < 4.78 is 8.45. The standard InChI is InChI=1S/C30H35N3O2/c1-22(2)25-13-6-9-16-28(25)35-20-19-33-27-15-8-7-14-26(27)32-29(33)17-10-18-31-30(34)21-24-12-5-4-11-23(24)3/h4-9,11-16,22H,10,17-21H2,1-3H3,(H,31,34). The van der Waals surface area contributed by atoms with E-state index in [-0.39, 0.29) is 5.91 Å².